The van der Waals surface area contributed by atoms with Crippen LogP contribution in [-0.2, 0) is 0 Å². The highest BCUT2D eigenvalue weighted by atomic mass is 28.2. The van der Waals surface area contributed by atoms with Gasteiger partial charge in [-0.15, -0.1) is 0 Å². The number of benzene rings is 1. The average Bonchev–Trinajstić information content (AvgIpc) is 2.71. The smallest absolute Gasteiger partial charge is 0.234 e. The van der Waals surface area contributed by atoms with Crippen molar-refractivity contribution in [1.82, 2.24) is 0 Å². The molecule has 70 valence electrons. The summed E-state index contributed by atoms with van der Waals surface area (Å²) in [5.74, 6) is -0.411. The van der Waals surface area contributed by atoms with Crippen molar-refractivity contribution in [3.8, 4) is 0 Å². The van der Waals surface area contributed by atoms with Gasteiger partial charge in [-0.05, 0) is 30.3 Å². The third-order valence-electron chi connectivity index (χ3n) is 1.89. The van der Waals surface area contributed by atoms with Crippen molar-refractivity contribution in [3.05, 3.63) is 53.2 Å². The van der Waals surface area contributed by atoms with E-state index in [2.05, 4.69) is 0 Å². The maximum absolute atomic E-state index is 12.6. The fourth-order valence-electron chi connectivity index (χ4n) is 1.16. The lowest BCUT2D eigenvalue weighted by molar-refractivity contribution is 0.104. The predicted octanol–water partition coefficient (Wildman–Crippen LogP) is 1.72. The van der Waals surface area contributed by atoms with E-state index in [4.69, 9.17) is 4.10 Å². The fraction of sp³-hybridized carbons (Fsp3) is 0. The molecule has 0 aliphatic carbocycles. The predicted molar refractivity (Wildman–Crippen MR) is 51.3 cm³/mol. The molecule has 2 aromatic rings. The second kappa shape index (κ2) is 3.67. The Morgan fingerprint density at radius 3 is 2.50 bits per heavy atom. The maximum Gasteiger partial charge on any atom is 0.234 e. The van der Waals surface area contributed by atoms with Gasteiger partial charge in [0.05, 0.1) is 6.26 Å². The number of carbonyl (C=O) groups excluding carboxylic acids is 1. The first-order valence-corrected chi connectivity index (χ1v) is 5.15. The molecule has 4 heteroatoms. The van der Waals surface area contributed by atoms with Gasteiger partial charge in [0.2, 0.25) is 9.38 Å². The Kier molecular flexibility index (Phi) is 2.37. The summed E-state index contributed by atoms with van der Waals surface area (Å²) >= 11 is 0. The van der Waals surface area contributed by atoms with E-state index in [1.165, 1.54) is 30.5 Å². The van der Waals surface area contributed by atoms with Crippen LogP contribution in [0.3, 0.4) is 0 Å². The molecule has 0 saturated carbocycles. The van der Waals surface area contributed by atoms with Gasteiger partial charge in [-0.25, -0.2) is 4.39 Å². The quantitative estimate of drug-likeness (QED) is 0.553. The van der Waals surface area contributed by atoms with Gasteiger partial charge in [-0.2, -0.15) is 0 Å². The Morgan fingerprint density at radius 1 is 1.21 bits per heavy atom. The van der Waals surface area contributed by atoms with Gasteiger partial charge in [0.25, 0.3) is 0 Å². The highest BCUT2D eigenvalue weighted by molar-refractivity contribution is 6.36. The number of hydrogen-bond donors (Lipinski definition) is 0. The molecular formula is C10H7FO2Si. The molecule has 0 radical (unpaired) electrons. The highest BCUT2D eigenvalue weighted by Gasteiger charge is 2.09. The first-order valence-electron chi connectivity index (χ1n) is 4.10. The molecular weight excluding hydrogens is 199 g/mol. The molecule has 1 aromatic heterocycles. The monoisotopic (exact) mass is 206 g/mol. The zero-order valence-electron chi connectivity index (χ0n) is 7.24. The van der Waals surface area contributed by atoms with E-state index < -0.39 is 9.38 Å². The molecule has 0 aliphatic heterocycles. The molecule has 2 rings (SSSR count). The summed E-state index contributed by atoms with van der Waals surface area (Å²) in [6.07, 6.45) is 1.52. The van der Waals surface area contributed by atoms with Crippen LogP contribution in [0.1, 0.15) is 15.5 Å². The van der Waals surface area contributed by atoms with Gasteiger partial charge in [0, 0.05) is 10.7 Å². The Bertz CT molecular complexity index is 434. The number of halogens is 1. The van der Waals surface area contributed by atoms with Gasteiger partial charge >= 0.3 is 0 Å². The third-order valence-corrected chi connectivity index (χ3v) is 2.89. The number of ketones is 1. The summed E-state index contributed by atoms with van der Waals surface area (Å²) in [5.41, 5.74) is 0.504. The largest absolute Gasteiger partial charge is 0.525 e. The third kappa shape index (κ3) is 1.70. The molecule has 0 spiro atoms. The summed E-state index contributed by atoms with van der Waals surface area (Å²) in [6, 6.07) is 7.19. The Hall–Kier alpha value is -1.55. The van der Waals surface area contributed by atoms with Crippen molar-refractivity contribution in [2.75, 3.05) is 0 Å². The van der Waals surface area contributed by atoms with Crippen molar-refractivity contribution >= 4 is 15.2 Å². The lowest BCUT2D eigenvalue weighted by atomic mass is 10.1. The van der Waals surface area contributed by atoms with Gasteiger partial charge < -0.3 is 4.10 Å². The lowest BCUT2D eigenvalue weighted by Gasteiger charge is -1.96. The number of hydrogen-bond acceptors (Lipinski definition) is 2. The second-order valence-electron chi connectivity index (χ2n) is 2.85. The average molecular weight is 206 g/mol. The van der Waals surface area contributed by atoms with Crippen LogP contribution >= 0.6 is 0 Å². The van der Waals surface area contributed by atoms with E-state index >= 15 is 0 Å². The van der Waals surface area contributed by atoms with Crippen LogP contribution in [0, 0.1) is 5.82 Å². The minimum Gasteiger partial charge on any atom is -0.525 e. The molecule has 0 unspecified atom stereocenters. The zero-order chi connectivity index (χ0) is 9.97. The molecule has 1 heterocycles. The summed E-state index contributed by atoms with van der Waals surface area (Å²) in [6.45, 7) is 0. The molecule has 0 amide bonds. The van der Waals surface area contributed by atoms with Crippen LogP contribution in [0.25, 0.3) is 0 Å². The summed E-state index contributed by atoms with van der Waals surface area (Å²) < 4.78 is 17.6. The van der Waals surface area contributed by atoms with E-state index in [1.54, 1.807) is 6.07 Å². The molecule has 0 N–H and O–H groups in total. The molecule has 0 saturated heterocycles. The van der Waals surface area contributed by atoms with Crippen LogP contribution in [0.2, 0.25) is 0 Å². The molecule has 0 fully saturated rings. The number of rotatable bonds is 2. The van der Waals surface area contributed by atoms with Crippen LogP contribution in [0.4, 0.5) is 4.39 Å². The normalized spacial score (nSPS) is 10.1. The maximum atomic E-state index is 12.6. The van der Waals surface area contributed by atoms with E-state index in [9.17, 15) is 9.18 Å². The Morgan fingerprint density at radius 2 is 1.93 bits per heavy atom. The van der Waals surface area contributed by atoms with Crippen molar-refractivity contribution in [2.24, 2.45) is 0 Å². The standard InChI is InChI=1S/C10H7FO2Si/c11-8-3-1-7(2-4-8)10(12)9-5-6-13-14-9/h1-6,14H. The zero-order valence-corrected chi connectivity index (χ0v) is 8.39. The summed E-state index contributed by atoms with van der Waals surface area (Å²) in [7, 11) is -0.408. The van der Waals surface area contributed by atoms with Crippen LogP contribution in [-0.4, -0.2) is 15.2 Å². The number of carbonyl (C=O) groups is 1. The van der Waals surface area contributed by atoms with Gasteiger partial charge in [-0.3, -0.25) is 4.79 Å². The van der Waals surface area contributed by atoms with Gasteiger partial charge in [0.1, 0.15) is 5.82 Å². The van der Waals surface area contributed by atoms with Crippen LogP contribution < -0.4 is 0 Å². The molecule has 1 aromatic carbocycles. The van der Waals surface area contributed by atoms with E-state index in [0.29, 0.717) is 10.7 Å². The van der Waals surface area contributed by atoms with E-state index in [-0.39, 0.29) is 11.6 Å². The lowest BCUT2D eigenvalue weighted by Crippen LogP contribution is -2.01. The molecule has 14 heavy (non-hydrogen) atoms. The second-order valence-corrected chi connectivity index (χ2v) is 3.98. The van der Waals surface area contributed by atoms with Crippen molar-refractivity contribution in [2.45, 2.75) is 0 Å². The van der Waals surface area contributed by atoms with Gasteiger partial charge in [0.15, 0.2) is 5.78 Å². The summed E-state index contributed by atoms with van der Waals surface area (Å²) in [4.78, 5) is 11.7. The van der Waals surface area contributed by atoms with E-state index in [1.807, 2.05) is 0 Å². The van der Waals surface area contributed by atoms with E-state index in [0.717, 1.165) is 0 Å². The molecule has 0 aliphatic rings. The summed E-state index contributed by atoms with van der Waals surface area (Å²) in [5, 5.41) is 0.677. The Labute approximate surface area is 82.2 Å². The van der Waals surface area contributed by atoms with Crippen LogP contribution in [0.5, 0.6) is 0 Å². The topological polar surface area (TPSA) is 30.2 Å². The minimum atomic E-state index is -0.408. The minimum absolute atomic E-state index is 0.0752. The van der Waals surface area contributed by atoms with Crippen molar-refractivity contribution < 1.29 is 13.3 Å². The van der Waals surface area contributed by atoms with Crippen molar-refractivity contribution in [3.63, 3.8) is 0 Å². The molecule has 2 nitrogen and oxygen atoms in total. The van der Waals surface area contributed by atoms with Crippen molar-refractivity contribution in [1.29, 1.82) is 0 Å². The SMILES string of the molecule is O=C(c1ccc(F)cc1)c1cco[siH]1. The van der Waals surface area contributed by atoms with Crippen LogP contribution in [0.15, 0.2) is 40.7 Å². The van der Waals surface area contributed by atoms with Gasteiger partial charge in [-0.1, -0.05) is 0 Å². The Balaban J connectivity index is 2.33. The highest BCUT2D eigenvalue weighted by Crippen LogP contribution is 2.08. The fourth-order valence-corrected chi connectivity index (χ4v) is 1.90. The first-order chi connectivity index (χ1) is 6.77. The molecule has 0 bridgehead atoms. The molecule has 0 atom stereocenters. The first kappa shape index (κ1) is 9.02.